The van der Waals surface area contributed by atoms with Crippen molar-refractivity contribution < 1.29 is 9.48 Å². The lowest BCUT2D eigenvalue weighted by Crippen LogP contribution is -2.33. The van der Waals surface area contributed by atoms with Gasteiger partial charge in [0.05, 0.1) is 34.6 Å². The van der Waals surface area contributed by atoms with Gasteiger partial charge in [-0.05, 0) is 82.2 Å². The summed E-state index contributed by atoms with van der Waals surface area (Å²) in [5, 5.41) is 17.5. The van der Waals surface area contributed by atoms with Gasteiger partial charge in [-0.15, -0.1) is 4.68 Å². The molecule has 0 spiro atoms. The van der Waals surface area contributed by atoms with Crippen LogP contribution in [0.3, 0.4) is 0 Å². The van der Waals surface area contributed by atoms with Crippen molar-refractivity contribution in [2.24, 2.45) is 18.6 Å². The highest BCUT2D eigenvalue weighted by molar-refractivity contribution is 6.05. The Hall–Kier alpha value is -4.33. The monoisotopic (exact) mass is 556 g/mol. The highest BCUT2D eigenvalue weighted by atomic mass is 16.1. The molecule has 2 heterocycles. The summed E-state index contributed by atoms with van der Waals surface area (Å²) in [4.78, 5) is 18.2. The SMILES string of the molecule is Cc1ccc(NC(=O)c2cc(N3CCCN(C)CC3)cc(C(C)(C)C#N)c2)cc1N(N)C=C(N)c1c[nH][n+](C)c1C. The molecule has 10 heteroatoms. The zero-order valence-corrected chi connectivity index (χ0v) is 25.0. The van der Waals surface area contributed by atoms with Gasteiger partial charge < -0.3 is 20.9 Å². The van der Waals surface area contributed by atoms with E-state index in [1.54, 1.807) is 6.20 Å². The third kappa shape index (κ3) is 6.70. The van der Waals surface area contributed by atoms with Gasteiger partial charge in [0.1, 0.15) is 0 Å². The third-order valence-electron chi connectivity index (χ3n) is 7.90. The normalized spacial score (nSPS) is 14.9. The quantitative estimate of drug-likeness (QED) is 0.199. The van der Waals surface area contributed by atoms with Crippen LogP contribution < -0.4 is 31.5 Å². The number of benzene rings is 2. The Morgan fingerprint density at radius 2 is 1.93 bits per heavy atom. The Kier molecular flexibility index (Phi) is 8.71. The van der Waals surface area contributed by atoms with Gasteiger partial charge in [-0.3, -0.25) is 9.80 Å². The molecule has 1 aliphatic rings. The third-order valence-corrected chi connectivity index (χ3v) is 7.90. The Labute approximate surface area is 242 Å². The van der Waals surface area contributed by atoms with Crippen molar-refractivity contribution in [2.45, 2.75) is 39.5 Å². The number of rotatable bonds is 7. The highest BCUT2D eigenvalue weighted by Gasteiger charge is 2.24. The number of nitrogens with two attached hydrogens (primary N) is 2. The Balaban J connectivity index is 1.62. The number of aromatic nitrogens is 2. The number of aromatic amines is 1. The van der Waals surface area contributed by atoms with Crippen LogP contribution in [0.4, 0.5) is 17.1 Å². The molecule has 1 fully saturated rings. The zero-order chi connectivity index (χ0) is 29.9. The largest absolute Gasteiger partial charge is 0.397 e. The number of nitrogens with zero attached hydrogens (tertiary/aromatic N) is 5. The molecule has 2 aromatic carbocycles. The number of likely N-dealkylation sites (N-methyl/N-ethyl adjacent to an activating group) is 1. The highest BCUT2D eigenvalue weighted by Crippen LogP contribution is 2.30. The van der Waals surface area contributed by atoms with Crippen LogP contribution in [0.15, 0.2) is 48.8 Å². The number of H-pyrrole nitrogens is 1. The average molecular weight is 557 g/mol. The molecule has 1 saturated heterocycles. The van der Waals surface area contributed by atoms with Gasteiger partial charge in [-0.25, -0.2) is 5.84 Å². The van der Waals surface area contributed by atoms with Crippen molar-refractivity contribution in [3.63, 3.8) is 0 Å². The molecule has 1 aliphatic heterocycles. The van der Waals surface area contributed by atoms with Gasteiger partial charge in [0, 0.05) is 49.7 Å². The first-order valence-corrected chi connectivity index (χ1v) is 13.9. The van der Waals surface area contributed by atoms with Crippen LogP contribution in [0, 0.1) is 25.2 Å². The molecular formula is C31H42N9O+. The second-order valence-electron chi connectivity index (χ2n) is 11.4. The second-order valence-corrected chi connectivity index (χ2v) is 11.4. The molecule has 216 valence electrons. The lowest BCUT2D eigenvalue weighted by molar-refractivity contribution is -0.732. The topological polar surface area (TPSA) is 134 Å². The maximum Gasteiger partial charge on any atom is 0.255 e. The standard InChI is InChI=1S/C31H41N9O/c1-21-8-9-25(17-29(21)40(34)19-28(33)27-18-35-38(6)22(27)2)36-30(41)23-14-24(31(3,4)20-32)16-26(15-23)39-11-7-10-37(5)12-13-39/h8-9,14-19H,7,10-13,33-34H2,1-6H3,(H,36,41)/p+1. The Bertz CT molecular complexity index is 1500. The smallest absolute Gasteiger partial charge is 0.255 e. The molecule has 4 rings (SSSR count). The molecular weight excluding hydrogens is 514 g/mol. The lowest BCUT2D eigenvalue weighted by Gasteiger charge is -2.26. The minimum Gasteiger partial charge on any atom is -0.397 e. The van der Waals surface area contributed by atoms with E-state index in [9.17, 15) is 10.1 Å². The van der Waals surface area contributed by atoms with E-state index in [-0.39, 0.29) is 5.91 Å². The van der Waals surface area contributed by atoms with Gasteiger partial charge in [0.25, 0.3) is 5.91 Å². The number of carbonyl (C=O) groups excluding carboxylic acids is 1. The molecule has 0 bridgehead atoms. The fraction of sp³-hybridized carbons (Fsp3) is 0.387. The summed E-state index contributed by atoms with van der Waals surface area (Å²) in [6, 6.07) is 13.8. The van der Waals surface area contributed by atoms with E-state index in [0.717, 1.165) is 60.7 Å². The fourth-order valence-corrected chi connectivity index (χ4v) is 4.95. The summed E-state index contributed by atoms with van der Waals surface area (Å²) >= 11 is 0. The number of anilines is 3. The number of hydrogen-bond donors (Lipinski definition) is 4. The van der Waals surface area contributed by atoms with Crippen LogP contribution in [0.25, 0.3) is 5.70 Å². The second kappa shape index (κ2) is 12.0. The van der Waals surface area contributed by atoms with Crippen molar-refractivity contribution in [1.82, 2.24) is 10.00 Å². The van der Waals surface area contributed by atoms with Gasteiger partial charge in [0.15, 0.2) is 7.05 Å². The van der Waals surface area contributed by atoms with Gasteiger partial charge in [0.2, 0.25) is 5.69 Å². The van der Waals surface area contributed by atoms with E-state index in [4.69, 9.17) is 11.6 Å². The molecule has 6 N–H and O–H groups in total. The molecule has 3 aromatic rings. The minimum absolute atomic E-state index is 0.252. The molecule has 0 saturated carbocycles. The van der Waals surface area contributed by atoms with Crippen LogP contribution in [-0.2, 0) is 12.5 Å². The van der Waals surface area contributed by atoms with E-state index < -0.39 is 5.41 Å². The predicted octanol–water partition coefficient (Wildman–Crippen LogP) is 3.29. The van der Waals surface area contributed by atoms with Crippen LogP contribution in [0.5, 0.6) is 0 Å². The zero-order valence-electron chi connectivity index (χ0n) is 25.0. The van der Waals surface area contributed by atoms with Crippen LogP contribution in [-0.4, -0.2) is 49.1 Å². The summed E-state index contributed by atoms with van der Waals surface area (Å²) in [5.74, 6) is 6.17. The summed E-state index contributed by atoms with van der Waals surface area (Å²) in [6.07, 6.45) is 4.54. The number of nitrogens with one attached hydrogen (secondary N) is 2. The first kappa shape index (κ1) is 29.6. The summed E-state index contributed by atoms with van der Waals surface area (Å²) in [6.45, 7) is 11.4. The molecule has 10 nitrogen and oxygen atoms in total. The number of hydrazine groups is 1. The minimum atomic E-state index is -0.744. The first-order valence-electron chi connectivity index (χ1n) is 13.9. The predicted molar refractivity (Wildman–Crippen MR) is 164 cm³/mol. The molecule has 0 atom stereocenters. The average Bonchev–Trinajstić information content (AvgIpc) is 3.13. The Morgan fingerprint density at radius 1 is 1.17 bits per heavy atom. The Morgan fingerprint density at radius 3 is 2.61 bits per heavy atom. The molecule has 0 unspecified atom stereocenters. The molecule has 0 aliphatic carbocycles. The van der Waals surface area contributed by atoms with Gasteiger partial charge in [-0.2, -0.15) is 10.4 Å². The summed E-state index contributed by atoms with van der Waals surface area (Å²) in [5.41, 5.74) is 12.5. The van der Waals surface area contributed by atoms with E-state index in [2.05, 4.69) is 33.3 Å². The van der Waals surface area contributed by atoms with Crippen LogP contribution in [0.1, 0.15) is 53.0 Å². The molecule has 41 heavy (non-hydrogen) atoms. The van der Waals surface area contributed by atoms with E-state index in [1.807, 2.05) is 82.0 Å². The van der Waals surface area contributed by atoms with Gasteiger partial charge >= 0.3 is 0 Å². The number of aryl methyl sites for hydroxylation is 2. The van der Waals surface area contributed by atoms with E-state index in [0.29, 0.717) is 22.6 Å². The van der Waals surface area contributed by atoms with Crippen molar-refractivity contribution in [2.75, 3.05) is 48.5 Å². The molecule has 1 aromatic heterocycles. The number of hydrogen-bond acceptors (Lipinski definition) is 7. The van der Waals surface area contributed by atoms with Crippen LogP contribution in [0.2, 0.25) is 0 Å². The van der Waals surface area contributed by atoms with E-state index in [1.165, 1.54) is 5.01 Å². The molecule has 0 radical (unpaired) electrons. The van der Waals surface area contributed by atoms with Crippen molar-refractivity contribution in [3.05, 3.63) is 76.7 Å². The van der Waals surface area contributed by atoms with E-state index >= 15 is 0 Å². The molecule has 1 amide bonds. The number of amides is 1. The van der Waals surface area contributed by atoms with Crippen molar-refractivity contribution in [3.8, 4) is 6.07 Å². The first-order chi connectivity index (χ1) is 19.4. The lowest BCUT2D eigenvalue weighted by atomic mass is 9.85. The van der Waals surface area contributed by atoms with Crippen molar-refractivity contribution in [1.29, 1.82) is 5.26 Å². The maximum absolute atomic E-state index is 13.6. The number of nitriles is 1. The van der Waals surface area contributed by atoms with Crippen molar-refractivity contribution >= 4 is 28.7 Å². The van der Waals surface area contributed by atoms with Crippen LogP contribution >= 0.6 is 0 Å². The maximum atomic E-state index is 13.6. The fourth-order valence-electron chi connectivity index (χ4n) is 4.95. The summed E-state index contributed by atoms with van der Waals surface area (Å²) in [7, 11) is 4.04. The number of carbonyl (C=O) groups is 1. The van der Waals surface area contributed by atoms with Gasteiger partial charge in [-0.1, -0.05) is 6.07 Å². The summed E-state index contributed by atoms with van der Waals surface area (Å²) < 4.78 is 1.88.